The summed E-state index contributed by atoms with van der Waals surface area (Å²) in [4.78, 5) is 0. The van der Waals surface area contributed by atoms with Crippen molar-refractivity contribution in [1.29, 1.82) is 0 Å². The Morgan fingerprint density at radius 3 is 2.20 bits per heavy atom. The molecule has 1 N–H and O–H groups in total. The fraction of sp³-hybridized carbons (Fsp3) is 0.294. The lowest BCUT2D eigenvalue weighted by molar-refractivity contribution is 0.509. The molecule has 0 bridgehead atoms. The quantitative estimate of drug-likeness (QED) is 0.834. The summed E-state index contributed by atoms with van der Waals surface area (Å²) in [7, 11) is 0. The molecular formula is C17H19F2N. The maximum Gasteiger partial charge on any atom is 0.159 e. The van der Waals surface area contributed by atoms with E-state index in [1.807, 2.05) is 24.3 Å². The van der Waals surface area contributed by atoms with Gasteiger partial charge in [-0.05, 0) is 48.7 Å². The lowest BCUT2D eigenvalue weighted by Gasteiger charge is -2.14. The molecular weight excluding hydrogens is 256 g/mol. The van der Waals surface area contributed by atoms with Crippen LogP contribution in [0.1, 0.15) is 31.9 Å². The summed E-state index contributed by atoms with van der Waals surface area (Å²) in [6, 6.07) is 12.2. The Morgan fingerprint density at radius 1 is 0.950 bits per heavy atom. The summed E-state index contributed by atoms with van der Waals surface area (Å²) in [6.07, 6.45) is 1.09. The smallest absolute Gasteiger partial charge is 0.159 e. The summed E-state index contributed by atoms with van der Waals surface area (Å²) in [5.41, 5.74) is 2.75. The highest BCUT2D eigenvalue weighted by Gasteiger charge is 2.07. The highest BCUT2D eigenvalue weighted by Crippen LogP contribution is 2.23. The van der Waals surface area contributed by atoms with E-state index in [9.17, 15) is 8.78 Å². The van der Waals surface area contributed by atoms with Gasteiger partial charge in [0.1, 0.15) is 0 Å². The van der Waals surface area contributed by atoms with E-state index in [1.54, 1.807) is 6.07 Å². The van der Waals surface area contributed by atoms with Crippen LogP contribution < -0.4 is 5.32 Å². The van der Waals surface area contributed by atoms with Crippen molar-refractivity contribution in [1.82, 2.24) is 5.32 Å². The number of benzene rings is 2. The van der Waals surface area contributed by atoms with Crippen molar-refractivity contribution in [2.45, 2.75) is 26.3 Å². The summed E-state index contributed by atoms with van der Waals surface area (Å²) in [6.45, 7) is 5.22. The predicted octanol–water partition coefficient (Wildman–Crippen LogP) is 4.69. The molecule has 2 aromatic carbocycles. The molecule has 0 saturated heterocycles. The zero-order valence-electron chi connectivity index (χ0n) is 11.8. The molecule has 0 amide bonds. The monoisotopic (exact) mass is 275 g/mol. The minimum absolute atomic E-state index is 0.286. The average molecular weight is 275 g/mol. The first kappa shape index (κ1) is 14.7. The first-order chi connectivity index (χ1) is 9.61. The summed E-state index contributed by atoms with van der Waals surface area (Å²) in [5.74, 6) is -1.63. The second-order valence-electron chi connectivity index (χ2n) is 4.93. The molecule has 0 heterocycles. The molecule has 0 aromatic heterocycles. The number of hydrogen-bond donors (Lipinski definition) is 1. The SMILES string of the molecule is CCCNC(C)c1ccc(-c2ccc(F)c(F)c2)cc1. The van der Waals surface area contributed by atoms with Gasteiger partial charge in [0.15, 0.2) is 11.6 Å². The fourth-order valence-electron chi connectivity index (χ4n) is 2.12. The third-order valence-corrected chi connectivity index (χ3v) is 3.36. The minimum atomic E-state index is -0.817. The molecule has 2 aromatic rings. The van der Waals surface area contributed by atoms with Crippen LogP contribution in [0.3, 0.4) is 0 Å². The molecule has 0 aliphatic heterocycles. The normalized spacial score (nSPS) is 12.4. The standard InChI is InChI=1S/C17H19F2N/c1-3-10-20-12(2)13-4-6-14(7-5-13)15-8-9-16(18)17(19)11-15/h4-9,11-12,20H,3,10H2,1-2H3. The molecule has 0 radical (unpaired) electrons. The van der Waals surface area contributed by atoms with Gasteiger partial charge in [0.05, 0.1) is 0 Å². The van der Waals surface area contributed by atoms with Gasteiger partial charge in [0.25, 0.3) is 0 Å². The van der Waals surface area contributed by atoms with E-state index in [-0.39, 0.29) is 6.04 Å². The second-order valence-corrected chi connectivity index (χ2v) is 4.93. The molecule has 0 aliphatic carbocycles. The molecule has 0 fully saturated rings. The first-order valence-corrected chi connectivity index (χ1v) is 6.90. The van der Waals surface area contributed by atoms with Gasteiger partial charge < -0.3 is 5.32 Å². The van der Waals surface area contributed by atoms with E-state index < -0.39 is 11.6 Å². The van der Waals surface area contributed by atoms with E-state index in [1.165, 1.54) is 11.6 Å². The van der Waals surface area contributed by atoms with Crippen molar-refractivity contribution >= 4 is 0 Å². The Hall–Kier alpha value is -1.74. The molecule has 0 spiro atoms. The third kappa shape index (κ3) is 3.42. The molecule has 1 atom stereocenters. The van der Waals surface area contributed by atoms with Crippen LogP contribution in [0.5, 0.6) is 0 Å². The van der Waals surface area contributed by atoms with Gasteiger partial charge in [-0.15, -0.1) is 0 Å². The maximum atomic E-state index is 13.2. The molecule has 2 rings (SSSR count). The van der Waals surface area contributed by atoms with Gasteiger partial charge in [-0.25, -0.2) is 8.78 Å². The topological polar surface area (TPSA) is 12.0 Å². The van der Waals surface area contributed by atoms with Gasteiger partial charge in [0.2, 0.25) is 0 Å². The minimum Gasteiger partial charge on any atom is -0.310 e. The number of rotatable bonds is 5. The Bertz CT molecular complexity index is 564. The Kier molecular flexibility index (Phi) is 4.85. The molecule has 20 heavy (non-hydrogen) atoms. The van der Waals surface area contributed by atoms with E-state index in [0.29, 0.717) is 5.56 Å². The Morgan fingerprint density at radius 2 is 1.60 bits per heavy atom. The van der Waals surface area contributed by atoms with Crippen molar-refractivity contribution < 1.29 is 8.78 Å². The van der Waals surface area contributed by atoms with E-state index in [0.717, 1.165) is 24.6 Å². The fourth-order valence-corrected chi connectivity index (χ4v) is 2.12. The summed E-state index contributed by atoms with van der Waals surface area (Å²) < 4.78 is 26.1. The van der Waals surface area contributed by atoms with Gasteiger partial charge in [-0.1, -0.05) is 37.3 Å². The maximum absolute atomic E-state index is 13.2. The lowest BCUT2D eigenvalue weighted by Crippen LogP contribution is -2.19. The van der Waals surface area contributed by atoms with Crippen LogP contribution in [0.4, 0.5) is 8.78 Å². The molecule has 0 aliphatic rings. The van der Waals surface area contributed by atoms with Crippen LogP contribution >= 0.6 is 0 Å². The molecule has 1 unspecified atom stereocenters. The van der Waals surface area contributed by atoms with Gasteiger partial charge in [-0.2, -0.15) is 0 Å². The first-order valence-electron chi connectivity index (χ1n) is 6.90. The van der Waals surface area contributed by atoms with E-state index >= 15 is 0 Å². The van der Waals surface area contributed by atoms with Crippen LogP contribution in [-0.4, -0.2) is 6.54 Å². The van der Waals surface area contributed by atoms with Crippen LogP contribution in [0, 0.1) is 11.6 Å². The van der Waals surface area contributed by atoms with Gasteiger partial charge in [-0.3, -0.25) is 0 Å². The highest BCUT2D eigenvalue weighted by molar-refractivity contribution is 5.63. The van der Waals surface area contributed by atoms with Crippen LogP contribution in [0.15, 0.2) is 42.5 Å². The summed E-state index contributed by atoms with van der Waals surface area (Å²) in [5, 5.41) is 3.41. The Balaban J connectivity index is 2.17. The van der Waals surface area contributed by atoms with Crippen molar-refractivity contribution in [3.05, 3.63) is 59.7 Å². The number of nitrogens with one attached hydrogen (secondary N) is 1. The third-order valence-electron chi connectivity index (χ3n) is 3.36. The summed E-state index contributed by atoms with van der Waals surface area (Å²) >= 11 is 0. The van der Waals surface area contributed by atoms with Crippen LogP contribution in [0.2, 0.25) is 0 Å². The Labute approximate surface area is 118 Å². The van der Waals surface area contributed by atoms with Crippen LogP contribution in [0.25, 0.3) is 11.1 Å². The molecule has 0 saturated carbocycles. The second kappa shape index (κ2) is 6.62. The number of halogens is 2. The van der Waals surface area contributed by atoms with Crippen molar-refractivity contribution in [3.8, 4) is 11.1 Å². The molecule has 1 nitrogen and oxygen atoms in total. The number of hydrogen-bond acceptors (Lipinski definition) is 1. The van der Waals surface area contributed by atoms with Crippen LogP contribution in [-0.2, 0) is 0 Å². The lowest BCUT2D eigenvalue weighted by atomic mass is 10.0. The van der Waals surface area contributed by atoms with Crippen molar-refractivity contribution in [2.24, 2.45) is 0 Å². The highest BCUT2D eigenvalue weighted by atomic mass is 19.2. The van der Waals surface area contributed by atoms with Crippen molar-refractivity contribution in [2.75, 3.05) is 6.54 Å². The van der Waals surface area contributed by atoms with Gasteiger partial charge >= 0.3 is 0 Å². The zero-order chi connectivity index (χ0) is 14.5. The van der Waals surface area contributed by atoms with E-state index in [2.05, 4.69) is 19.2 Å². The van der Waals surface area contributed by atoms with Crippen molar-refractivity contribution in [3.63, 3.8) is 0 Å². The average Bonchev–Trinajstić information content (AvgIpc) is 2.48. The molecule has 3 heteroatoms. The van der Waals surface area contributed by atoms with E-state index in [4.69, 9.17) is 0 Å². The van der Waals surface area contributed by atoms with Gasteiger partial charge in [0, 0.05) is 6.04 Å². The molecule has 106 valence electrons. The largest absolute Gasteiger partial charge is 0.310 e. The zero-order valence-corrected chi connectivity index (χ0v) is 11.8. The predicted molar refractivity (Wildman–Crippen MR) is 78.5 cm³/mol.